The van der Waals surface area contributed by atoms with E-state index >= 15 is 0 Å². The topological polar surface area (TPSA) is 18.5 Å². The van der Waals surface area contributed by atoms with Gasteiger partial charge in [-0.05, 0) is 58.2 Å². The van der Waals surface area contributed by atoms with E-state index in [0.717, 1.165) is 16.6 Å². The second-order valence-electron chi connectivity index (χ2n) is 6.52. The van der Waals surface area contributed by atoms with E-state index in [1.165, 1.54) is 0 Å². The summed E-state index contributed by atoms with van der Waals surface area (Å²) in [5.41, 5.74) is 2.41. The van der Waals surface area contributed by atoms with Crippen molar-refractivity contribution < 1.29 is 9.31 Å². The normalized spacial score (nSPS) is 21.8. The quantitative estimate of drug-likeness (QED) is 0.485. The van der Waals surface area contributed by atoms with Crippen molar-refractivity contribution in [3.63, 3.8) is 0 Å². The second kappa shape index (κ2) is 7.80. The average molecular weight is 312 g/mol. The first-order valence-corrected chi connectivity index (χ1v) is 8.04. The fraction of sp³-hybridized carbons (Fsp3) is 0.400. The summed E-state index contributed by atoms with van der Waals surface area (Å²) < 4.78 is 12.2. The van der Waals surface area contributed by atoms with Crippen molar-refractivity contribution in [3.8, 4) is 0 Å². The minimum Gasteiger partial charge on any atom is -0.399 e. The molecule has 0 amide bonds. The summed E-state index contributed by atoms with van der Waals surface area (Å²) >= 11 is 0. The zero-order valence-corrected chi connectivity index (χ0v) is 15.3. The van der Waals surface area contributed by atoms with Crippen LogP contribution in [0.5, 0.6) is 0 Å². The molecule has 0 bridgehead atoms. The monoisotopic (exact) mass is 312 g/mol. The highest BCUT2D eigenvalue weighted by molar-refractivity contribution is 6.55. The molecule has 0 saturated carbocycles. The van der Waals surface area contributed by atoms with Gasteiger partial charge in [0.25, 0.3) is 0 Å². The minimum atomic E-state index is -0.408. The van der Waals surface area contributed by atoms with Gasteiger partial charge in [-0.25, -0.2) is 0 Å². The molecule has 2 nitrogen and oxygen atoms in total. The summed E-state index contributed by atoms with van der Waals surface area (Å²) in [5, 5.41) is 0. The molecule has 0 N–H and O–H groups in total. The maximum absolute atomic E-state index is 6.11. The summed E-state index contributed by atoms with van der Waals surface area (Å²) in [4.78, 5) is 0. The van der Waals surface area contributed by atoms with Gasteiger partial charge in [0.15, 0.2) is 0 Å². The first-order chi connectivity index (χ1) is 10.7. The van der Waals surface area contributed by atoms with Crippen molar-refractivity contribution in [3.05, 3.63) is 72.3 Å². The zero-order chi connectivity index (χ0) is 17.7. The molecule has 1 aliphatic heterocycles. The van der Waals surface area contributed by atoms with E-state index in [2.05, 4.69) is 59.1 Å². The SMILES string of the molecule is C=C\C=C/C(=C\C)C(/C=C(\C=C)B1OC(C)(C)C(C)(C)O1)=C/C. The number of hydrogen-bond donors (Lipinski definition) is 0. The number of rotatable bonds is 6. The van der Waals surface area contributed by atoms with Crippen LogP contribution in [-0.2, 0) is 9.31 Å². The van der Waals surface area contributed by atoms with Crippen LogP contribution in [0, 0.1) is 0 Å². The highest BCUT2D eigenvalue weighted by Gasteiger charge is 2.51. The van der Waals surface area contributed by atoms with E-state index in [1.807, 2.05) is 26.0 Å². The Kier molecular flexibility index (Phi) is 6.61. The lowest BCUT2D eigenvalue weighted by atomic mass is 9.76. The smallest absolute Gasteiger partial charge is 0.399 e. The predicted molar refractivity (Wildman–Crippen MR) is 101 cm³/mol. The van der Waals surface area contributed by atoms with Gasteiger partial charge >= 0.3 is 7.12 Å². The van der Waals surface area contributed by atoms with Crippen LogP contribution in [0.4, 0.5) is 0 Å². The molecule has 0 aliphatic carbocycles. The van der Waals surface area contributed by atoms with Crippen molar-refractivity contribution in [1.82, 2.24) is 0 Å². The molecule has 0 aromatic carbocycles. The van der Waals surface area contributed by atoms with E-state index in [9.17, 15) is 0 Å². The molecule has 1 aliphatic rings. The van der Waals surface area contributed by atoms with Crippen LogP contribution in [0.2, 0.25) is 0 Å². The third-order valence-electron chi connectivity index (χ3n) is 4.45. The standard InChI is InChI=1S/C20H29BO2/c1-9-13-14-16(10-2)17(11-3)15-18(12-4)21-22-19(5,6)20(7,8)23-21/h9-15H,1,4H2,2-3,5-8H3/b14-13-,16-10+,17-11+,18-15+. The van der Waals surface area contributed by atoms with Crippen molar-refractivity contribution in [1.29, 1.82) is 0 Å². The molecule has 0 atom stereocenters. The zero-order valence-electron chi connectivity index (χ0n) is 15.3. The molecule has 124 valence electrons. The maximum Gasteiger partial charge on any atom is 0.494 e. The predicted octanol–water partition coefficient (Wildman–Crippen LogP) is 5.37. The van der Waals surface area contributed by atoms with E-state index in [0.29, 0.717) is 0 Å². The van der Waals surface area contributed by atoms with Gasteiger partial charge in [-0.1, -0.05) is 55.7 Å². The molecule has 1 fully saturated rings. The van der Waals surface area contributed by atoms with Gasteiger partial charge in [0.2, 0.25) is 0 Å². The summed E-state index contributed by atoms with van der Waals surface area (Å²) in [7, 11) is -0.408. The second-order valence-corrected chi connectivity index (χ2v) is 6.52. The van der Waals surface area contributed by atoms with Gasteiger partial charge in [0.05, 0.1) is 11.2 Å². The van der Waals surface area contributed by atoms with Crippen molar-refractivity contribution in [2.24, 2.45) is 0 Å². The first kappa shape index (κ1) is 19.5. The maximum atomic E-state index is 6.11. The minimum absolute atomic E-state index is 0.359. The van der Waals surface area contributed by atoms with E-state index in [1.54, 1.807) is 12.2 Å². The fourth-order valence-corrected chi connectivity index (χ4v) is 2.25. The molecule has 0 radical (unpaired) electrons. The Bertz CT molecular complexity index is 558. The molecule has 0 unspecified atom stereocenters. The van der Waals surface area contributed by atoms with Crippen molar-refractivity contribution >= 4 is 7.12 Å². The lowest BCUT2D eigenvalue weighted by Crippen LogP contribution is -2.41. The van der Waals surface area contributed by atoms with Gasteiger partial charge in [-0.3, -0.25) is 0 Å². The lowest BCUT2D eigenvalue weighted by Gasteiger charge is -2.32. The third-order valence-corrected chi connectivity index (χ3v) is 4.45. The Morgan fingerprint density at radius 3 is 1.83 bits per heavy atom. The first-order valence-electron chi connectivity index (χ1n) is 8.04. The molecular weight excluding hydrogens is 283 g/mol. The van der Waals surface area contributed by atoms with Gasteiger partial charge in [0.1, 0.15) is 0 Å². The van der Waals surface area contributed by atoms with Gasteiger partial charge in [-0.2, -0.15) is 0 Å². The highest BCUT2D eigenvalue weighted by atomic mass is 16.7. The molecule has 0 aromatic heterocycles. The third kappa shape index (κ3) is 4.46. The van der Waals surface area contributed by atoms with E-state index in [-0.39, 0.29) is 11.2 Å². The van der Waals surface area contributed by atoms with E-state index < -0.39 is 7.12 Å². The Morgan fingerprint density at radius 2 is 1.43 bits per heavy atom. The molecule has 1 rings (SSSR count). The molecule has 0 aromatic rings. The Morgan fingerprint density at radius 1 is 0.913 bits per heavy atom. The molecule has 3 heteroatoms. The van der Waals surface area contributed by atoms with Gasteiger partial charge in [-0.15, -0.1) is 0 Å². The van der Waals surface area contributed by atoms with Crippen LogP contribution < -0.4 is 0 Å². The van der Waals surface area contributed by atoms with Crippen LogP contribution in [0.25, 0.3) is 0 Å². The van der Waals surface area contributed by atoms with Crippen LogP contribution in [0.3, 0.4) is 0 Å². The molecule has 23 heavy (non-hydrogen) atoms. The van der Waals surface area contributed by atoms with Crippen LogP contribution in [0.15, 0.2) is 72.3 Å². The molecular formula is C20H29BO2. The number of hydrogen-bond acceptors (Lipinski definition) is 2. The highest BCUT2D eigenvalue weighted by Crippen LogP contribution is 2.39. The lowest BCUT2D eigenvalue weighted by molar-refractivity contribution is 0.00578. The van der Waals surface area contributed by atoms with Crippen molar-refractivity contribution in [2.75, 3.05) is 0 Å². The summed E-state index contributed by atoms with van der Waals surface area (Å²) in [6.45, 7) is 19.9. The van der Waals surface area contributed by atoms with Crippen LogP contribution >= 0.6 is 0 Å². The largest absolute Gasteiger partial charge is 0.494 e. The number of allylic oxidation sites excluding steroid dienone is 10. The molecule has 0 spiro atoms. The van der Waals surface area contributed by atoms with Gasteiger partial charge < -0.3 is 9.31 Å². The van der Waals surface area contributed by atoms with Crippen LogP contribution in [0.1, 0.15) is 41.5 Å². The Hall–Kier alpha value is -1.58. The van der Waals surface area contributed by atoms with Gasteiger partial charge in [0, 0.05) is 0 Å². The average Bonchev–Trinajstić information content (AvgIpc) is 2.70. The molecule has 1 heterocycles. The van der Waals surface area contributed by atoms with Crippen LogP contribution in [-0.4, -0.2) is 18.3 Å². The summed E-state index contributed by atoms with van der Waals surface area (Å²) in [5.74, 6) is 0. The fourth-order valence-electron chi connectivity index (χ4n) is 2.25. The molecule has 1 saturated heterocycles. The summed E-state index contributed by atoms with van der Waals surface area (Å²) in [6.07, 6.45) is 13.7. The van der Waals surface area contributed by atoms with E-state index in [4.69, 9.17) is 9.31 Å². The Balaban J connectivity index is 3.14. The summed E-state index contributed by atoms with van der Waals surface area (Å²) in [6, 6.07) is 0. The Labute approximate surface area is 142 Å². The van der Waals surface area contributed by atoms with Crippen molar-refractivity contribution in [2.45, 2.75) is 52.7 Å².